The molecule has 0 aliphatic rings. The highest BCUT2D eigenvalue weighted by molar-refractivity contribution is 9.10. The van der Waals surface area contributed by atoms with E-state index in [1.165, 1.54) is 0 Å². The van der Waals surface area contributed by atoms with E-state index in [-0.39, 0.29) is 5.91 Å². The summed E-state index contributed by atoms with van der Waals surface area (Å²) in [6.45, 7) is 1.93. The quantitative estimate of drug-likeness (QED) is 0.875. The molecule has 0 saturated heterocycles. The van der Waals surface area contributed by atoms with Gasteiger partial charge >= 0.3 is 0 Å². The SMILES string of the molecule is Cc1cccc(C(=O)Nc2ccc(C=O)cc2)c1Br. The zero-order valence-electron chi connectivity index (χ0n) is 10.3. The van der Waals surface area contributed by atoms with Gasteiger partial charge in [-0.3, -0.25) is 9.59 Å². The first-order chi connectivity index (χ1) is 9.11. The molecule has 3 nitrogen and oxygen atoms in total. The lowest BCUT2D eigenvalue weighted by molar-refractivity contribution is 0.102. The highest BCUT2D eigenvalue weighted by atomic mass is 79.9. The van der Waals surface area contributed by atoms with Crippen LogP contribution in [0.5, 0.6) is 0 Å². The number of carbonyl (C=O) groups is 2. The monoisotopic (exact) mass is 317 g/mol. The number of anilines is 1. The number of hydrogen-bond acceptors (Lipinski definition) is 2. The molecule has 0 aromatic heterocycles. The Morgan fingerprint density at radius 1 is 1.16 bits per heavy atom. The lowest BCUT2D eigenvalue weighted by Gasteiger charge is -2.08. The summed E-state index contributed by atoms with van der Waals surface area (Å²) in [6, 6.07) is 12.2. The van der Waals surface area contributed by atoms with E-state index in [2.05, 4.69) is 21.2 Å². The largest absolute Gasteiger partial charge is 0.322 e. The van der Waals surface area contributed by atoms with Gasteiger partial charge in [-0.25, -0.2) is 0 Å². The van der Waals surface area contributed by atoms with Crippen LogP contribution in [0.1, 0.15) is 26.3 Å². The van der Waals surface area contributed by atoms with Crippen LogP contribution in [-0.4, -0.2) is 12.2 Å². The molecule has 2 aromatic carbocycles. The van der Waals surface area contributed by atoms with Crippen molar-refractivity contribution in [2.24, 2.45) is 0 Å². The fraction of sp³-hybridized carbons (Fsp3) is 0.0667. The van der Waals surface area contributed by atoms with Crippen molar-refractivity contribution in [3.63, 3.8) is 0 Å². The molecule has 1 amide bonds. The third-order valence-corrected chi connectivity index (χ3v) is 3.79. The normalized spacial score (nSPS) is 10.0. The molecule has 0 heterocycles. The van der Waals surface area contributed by atoms with Crippen LogP contribution in [0, 0.1) is 6.92 Å². The number of rotatable bonds is 3. The minimum absolute atomic E-state index is 0.186. The molecule has 96 valence electrons. The van der Waals surface area contributed by atoms with Crippen molar-refractivity contribution in [3.05, 3.63) is 63.6 Å². The molecule has 1 N–H and O–H groups in total. The van der Waals surface area contributed by atoms with Crippen molar-refractivity contribution in [3.8, 4) is 0 Å². The Labute approximate surface area is 119 Å². The number of carbonyl (C=O) groups excluding carboxylic acids is 2. The maximum absolute atomic E-state index is 12.1. The number of aldehydes is 1. The topological polar surface area (TPSA) is 46.2 Å². The standard InChI is InChI=1S/C15H12BrNO2/c1-10-3-2-4-13(14(10)16)15(19)17-12-7-5-11(9-18)6-8-12/h2-9H,1H3,(H,17,19). The van der Waals surface area contributed by atoms with Crippen LogP contribution in [0.4, 0.5) is 5.69 Å². The molecule has 0 spiro atoms. The van der Waals surface area contributed by atoms with Gasteiger partial charge in [-0.05, 0) is 58.7 Å². The minimum Gasteiger partial charge on any atom is -0.322 e. The molecule has 4 heteroatoms. The maximum Gasteiger partial charge on any atom is 0.256 e. The van der Waals surface area contributed by atoms with Crippen LogP contribution in [0.3, 0.4) is 0 Å². The second kappa shape index (κ2) is 5.80. The van der Waals surface area contributed by atoms with Gasteiger partial charge in [0.1, 0.15) is 6.29 Å². The van der Waals surface area contributed by atoms with Crippen molar-refractivity contribution < 1.29 is 9.59 Å². The summed E-state index contributed by atoms with van der Waals surface area (Å²) in [5.74, 6) is -0.186. The predicted octanol–water partition coefficient (Wildman–Crippen LogP) is 3.82. The van der Waals surface area contributed by atoms with Gasteiger partial charge in [0.15, 0.2) is 0 Å². The summed E-state index contributed by atoms with van der Waals surface area (Å²) >= 11 is 3.41. The minimum atomic E-state index is -0.186. The second-order valence-electron chi connectivity index (χ2n) is 4.13. The number of nitrogens with one attached hydrogen (secondary N) is 1. The van der Waals surface area contributed by atoms with Crippen molar-refractivity contribution in [1.29, 1.82) is 0 Å². The Morgan fingerprint density at radius 3 is 2.47 bits per heavy atom. The van der Waals surface area contributed by atoms with Crippen LogP contribution in [0.2, 0.25) is 0 Å². The molecule has 0 unspecified atom stereocenters. The number of benzene rings is 2. The average Bonchev–Trinajstić information content (AvgIpc) is 2.42. The van der Waals surface area contributed by atoms with Gasteiger partial charge in [0.05, 0.1) is 5.56 Å². The zero-order valence-corrected chi connectivity index (χ0v) is 11.9. The van der Waals surface area contributed by atoms with E-state index in [1.54, 1.807) is 30.3 Å². The van der Waals surface area contributed by atoms with Crippen molar-refractivity contribution >= 4 is 33.8 Å². The van der Waals surface area contributed by atoms with Gasteiger partial charge < -0.3 is 5.32 Å². The Bertz CT molecular complexity index is 621. The molecular weight excluding hydrogens is 306 g/mol. The molecule has 0 bridgehead atoms. The molecule has 0 radical (unpaired) electrons. The molecule has 0 aliphatic heterocycles. The van der Waals surface area contributed by atoms with Crippen LogP contribution in [0.25, 0.3) is 0 Å². The van der Waals surface area contributed by atoms with Crippen LogP contribution < -0.4 is 5.32 Å². The Balaban J connectivity index is 2.20. The Morgan fingerprint density at radius 2 is 1.84 bits per heavy atom. The molecule has 19 heavy (non-hydrogen) atoms. The van der Waals surface area contributed by atoms with Gasteiger partial charge in [-0.1, -0.05) is 12.1 Å². The molecular formula is C15H12BrNO2. The first kappa shape index (κ1) is 13.5. The fourth-order valence-corrected chi connectivity index (χ4v) is 2.11. The average molecular weight is 318 g/mol. The van der Waals surface area contributed by atoms with E-state index in [0.29, 0.717) is 16.8 Å². The summed E-state index contributed by atoms with van der Waals surface area (Å²) in [6.07, 6.45) is 0.767. The van der Waals surface area contributed by atoms with Gasteiger partial charge in [0, 0.05) is 15.7 Å². The first-order valence-corrected chi connectivity index (χ1v) is 6.53. The van der Waals surface area contributed by atoms with Gasteiger partial charge in [-0.15, -0.1) is 0 Å². The van der Waals surface area contributed by atoms with Crippen LogP contribution >= 0.6 is 15.9 Å². The third-order valence-electron chi connectivity index (χ3n) is 2.74. The smallest absolute Gasteiger partial charge is 0.256 e. The lowest BCUT2D eigenvalue weighted by Crippen LogP contribution is -2.12. The molecule has 0 saturated carbocycles. The van der Waals surface area contributed by atoms with Crippen molar-refractivity contribution in [1.82, 2.24) is 0 Å². The number of hydrogen-bond donors (Lipinski definition) is 1. The lowest BCUT2D eigenvalue weighted by atomic mass is 10.1. The molecule has 2 aromatic rings. The summed E-state index contributed by atoms with van der Waals surface area (Å²) in [5.41, 5.74) is 2.82. The van der Waals surface area contributed by atoms with Gasteiger partial charge in [0.25, 0.3) is 5.91 Å². The number of aryl methyl sites for hydroxylation is 1. The Hall–Kier alpha value is -1.94. The van der Waals surface area contributed by atoms with E-state index in [0.717, 1.165) is 16.3 Å². The number of amides is 1. The summed E-state index contributed by atoms with van der Waals surface area (Å²) < 4.78 is 0.789. The van der Waals surface area contributed by atoms with Crippen molar-refractivity contribution in [2.45, 2.75) is 6.92 Å². The Kier molecular flexibility index (Phi) is 4.12. The van der Waals surface area contributed by atoms with E-state index < -0.39 is 0 Å². The fourth-order valence-electron chi connectivity index (χ4n) is 1.67. The zero-order chi connectivity index (χ0) is 13.8. The molecule has 0 fully saturated rings. The summed E-state index contributed by atoms with van der Waals surface area (Å²) in [4.78, 5) is 22.7. The second-order valence-corrected chi connectivity index (χ2v) is 4.92. The van der Waals surface area contributed by atoms with Gasteiger partial charge in [-0.2, -0.15) is 0 Å². The van der Waals surface area contributed by atoms with E-state index in [1.807, 2.05) is 19.1 Å². The van der Waals surface area contributed by atoms with Crippen molar-refractivity contribution in [2.75, 3.05) is 5.32 Å². The summed E-state index contributed by atoms with van der Waals surface area (Å²) in [5, 5.41) is 2.79. The van der Waals surface area contributed by atoms with E-state index >= 15 is 0 Å². The van der Waals surface area contributed by atoms with E-state index in [9.17, 15) is 9.59 Å². The molecule has 0 aliphatic carbocycles. The highest BCUT2D eigenvalue weighted by Gasteiger charge is 2.11. The first-order valence-electron chi connectivity index (χ1n) is 5.73. The van der Waals surface area contributed by atoms with Crippen LogP contribution in [0.15, 0.2) is 46.9 Å². The highest BCUT2D eigenvalue weighted by Crippen LogP contribution is 2.22. The van der Waals surface area contributed by atoms with E-state index in [4.69, 9.17) is 0 Å². The molecule has 0 atom stereocenters. The molecule has 2 rings (SSSR count). The third kappa shape index (κ3) is 3.09. The summed E-state index contributed by atoms with van der Waals surface area (Å²) in [7, 11) is 0. The van der Waals surface area contributed by atoms with Crippen LogP contribution in [-0.2, 0) is 0 Å². The maximum atomic E-state index is 12.1. The van der Waals surface area contributed by atoms with Gasteiger partial charge in [0.2, 0.25) is 0 Å². The predicted molar refractivity (Wildman–Crippen MR) is 78.7 cm³/mol. The number of halogens is 1.